The summed E-state index contributed by atoms with van der Waals surface area (Å²) in [4.78, 5) is 43.2. The van der Waals surface area contributed by atoms with Gasteiger partial charge in [-0.1, -0.05) is 0 Å². The first kappa shape index (κ1) is 17.0. The van der Waals surface area contributed by atoms with Gasteiger partial charge in [-0.2, -0.15) is 0 Å². The molecule has 1 aliphatic rings. The molecule has 1 aliphatic heterocycles. The number of esters is 1. The number of aromatic nitrogens is 2. The second kappa shape index (κ2) is 6.39. The van der Waals surface area contributed by atoms with Crippen LogP contribution in [0, 0.1) is 0 Å². The molecule has 8 nitrogen and oxygen atoms in total. The van der Waals surface area contributed by atoms with Gasteiger partial charge in [-0.3, -0.25) is 9.59 Å². The first-order chi connectivity index (χ1) is 10.7. The largest absolute Gasteiger partial charge is 0.453 e. The van der Waals surface area contributed by atoms with Gasteiger partial charge in [-0.05, 0) is 20.8 Å². The minimum Gasteiger partial charge on any atom is -0.453 e. The van der Waals surface area contributed by atoms with Crippen molar-refractivity contribution in [1.82, 2.24) is 19.4 Å². The summed E-state index contributed by atoms with van der Waals surface area (Å²) in [5, 5.41) is 0. The Morgan fingerprint density at radius 3 is 2.13 bits per heavy atom. The summed E-state index contributed by atoms with van der Waals surface area (Å²) in [6, 6.07) is 0. The fraction of sp³-hybridized carbons (Fsp3) is 0.600. The maximum Gasteiger partial charge on any atom is 0.397 e. The zero-order valence-electron chi connectivity index (χ0n) is 13.9. The lowest BCUT2D eigenvalue weighted by molar-refractivity contribution is -0.168. The van der Waals surface area contributed by atoms with E-state index in [0.29, 0.717) is 31.9 Å². The second-order valence-corrected chi connectivity index (χ2v) is 6.48. The maximum absolute atomic E-state index is 12.3. The van der Waals surface area contributed by atoms with Gasteiger partial charge in [0.05, 0.1) is 12.5 Å². The summed E-state index contributed by atoms with van der Waals surface area (Å²) >= 11 is 0. The van der Waals surface area contributed by atoms with Crippen molar-refractivity contribution >= 4 is 17.8 Å². The van der Waals surface area contributed by atoms with Gasteiger partial charge in [0.2, 0.25) is 0 Å². The summed E-state index contributed by atoms with van der Waals surface area (Å²) in [7, 11) is 1.75. The molecule has 0 N–H and O–H groups in total. The number of rotatable bonds is 1. The molecule has 0 aliphatic carbocycles. The van der Waals surface area contributed by atoms with Gasteiger partial charge in [-0.25, -0.2) is 9.78 Å². The Bertz CT molecular complexity index is 609. The van der Waals surface area contributed by atoms with Crippen LogP contribution in [-0.4, -0.2) is 68.9 Å². The molecule has 1 fully saturated rings. The predicted molar refractivity (Wildman–Crippen MR) is 81.5 cm³/mol. The molecule has 0 unspecified atom stereocenters. The molecule has 2 heterocycles. The van der Waals surface area contributed by atoms with Crippen LogP contribution in [0.2, 0.25) is 0 Å². The fourth-order valence-electron chi connectivity index (χ4n) is 2.29. The number of imidazole rings is 1. The van der Waals surface area contributed by atoms with Crippen molar-refractivity contribution in [3.05, 3.63) is 18.2 Å². The van der Waals surface area contributed by atoms with Gasteiger partial charge in [0.1, 0.15) is 11.3 Å². The van der Waals surface area contributed by atoms with E-state index in [1.165, 1.54) is 11.1 Å². The van der Waals surface area contributed by atoms with E-state index in [1.54, 1.807) is 43.6 Å². The molecular formula is C15H22N4O4. The highest BCUT2D eigenvalue weighted by Crippen LogP contribution is 2.11. The van der Waals surface area contributed by atoms with Gasteiger partial charge >= 0.3 is 11.9 Å². The molecule has 0 bridgehead atoms. The highest BCUT2D eigenvalue weighted by Gasteiger charge is 2.31. The van der Waals surface area contributed by atoms with Gasteiger partial charge in [0.25, 0.3) is 5.91 Å². The van der Waals surface area contributed by atoms with Crippen LogP contribution in [0.25, 0.3) is 0 Å². The number of hydrogen-bond acceptors (Lipinski definition) is 5. The molecule has 0 saturated carbocycles. The van der Waals surface area contributed by atoms with Crippen LogP contribution >= 0.6 is 0 Å². The van der Waals surface area contributed by atoms with Crippen LogP contribution in [0.15, 0.2) is 12.5 Å². The van der Waals surface area contributed by atoms with Crippen molar-refractivity contribution < 1.29 is 19.1 Å². The van der Waals surface area contributed by atoms with Crippen molar-refractivity contribution in [2.75, 3.05) is 26.2 Å². The molecule has 0 spiro atoms. The van der Waals surface area contributed by atoms with Crippen LogP contribution in [0.1, 0.15) is 31.3 Å². The highest BCUT2D eigenvalue weighted by molar-refractivity contribution is 6.32. The van der Waals surface area contributed by atoms with Crippen LogP contribution in [-0.2, 0) is 21.4 Å². The third-order valence-corrected chi connectivity index (χ3v) is 3.46. The second-order valence-electron chi connectivity index (χ2n) is 6.48. The standard InChI is InChI=1S/C15H22N4O4/c1-15(2,3)23-14(22)13(21)19-7-5-18(6-8-19)12(20)11-9-16-10-17(11)4/h9-10H,5-8H2,1-4H3. The van der Waals surface area contributed by atoms with Crippen LogP contribution < -0.4 is 0 Å². The van der Waals surface area contributed by atoms with E-state index in [1.807, 2.05) is 0 Å². The predicted octanol–water partition coefficient (Wildman–Crippen LogP) is 0.0462. The van der Waals surface area contributed by atoms with E-state index in [2.05, 4.69) is 4.98 Å². The number of nitrogens with zero attached hydrogens (tertiary/aromatic N) is 4. The molecular weight excluding hydrogens is 300 g/mol. The zero-order chi connectivity index (χ0) is 17.2. The van der Waals surface area contributed by atoms with Crippen LogP contribution in [0.5, 0.6) is 0 Å². The molecule has 0 radical (unpaired) electrons. The van der Waals surface area contributed by atoms with Crippen molar-refractivity contribution in [3.63, 3.8) is 0 Å². The van der Waals surface area contributed by atoms with E-state index >= 15 is 0 Å². The first-order valence-electron chi connectivity index (χ1n) is 7.47. The number of carbonyl (C=O) groups is 3. The summed E-state index contributed by atoms with van der Waals surface area (Å²) < 4.78 is 6.73. The van der Waals surface area contributed by atoms with Crippen molar-refractivity contribution in [2.45, 2.75) is 26.4 Å². The summed E-state index contributed by atoms with van der Waals surface area (Å²) in [5.74, 6) is -1.65. The number of ether oxygens (including phenoxy) is 1. The first-order valence-corrected chi connectivity index (χ1v) is 7.47. The van der Waals surface area contributed by atoms with Gasteiger partial charge in [0.15, 0.2) is 0 Å². The molecule has 1 aromatic rings. The third-order valence-electron chi connectivity index (χ3n) is 3.46. The van der Waals surface area contributed by atoms with E-state index in [0.717, 1.165) is 0 Å². The SMILES string of the molecule is Cn1cncc1C(=O)N1CCN(C(=O)C(=O)OC(C)(C)C)CC1. The molecule has 23 heavy (non-hydrogen) atoms. The molecule has 0 atom stereocenters. The van der Waals surface area contributed by atoms with Gasteiger partial charge < -0.3 is 19.1 Å². The Labute approximate surface area is 135 Å². The topological polar surface area (TPSA) is 84.7 Å². The van der Waals surface area contributed by atoms with E-state index in [4.69, 9.17) is 4.74 Å². The van der Waals surface area contributed by atoms with E-state index < -0.39 is 17.5 Å². The lowest BCUT2D eigenvalue weighted by Gasteiger charge is -2.34. The normalized spacial score (nSPS) is 15.5. The Hall–Kier alpha value is -2.38. The maximum atomic E-state index is 12.3. The number of hydrogen-bond donors (Lipinski definition) is 0. The number of carbonyl (C=O) groups excluding carboxylic acids is 3. The Kier molecular flexibility index (Phi) is 4.72. The quantitative estimate of drug-likeness (QED) is 0.539. The Balaban J connectivity index is 1.91. The summed E-state index contributed by atoms with van der Waals surface area (Å²) in [6.07, 6.45) is 3.08. The molecule has 2 rings (SSSR count). The summed E-state index contributed by atoms with van der Waals surface area (Å²) in [6.45, 7) is 6.49. The number of aryl methyl sites for hydroxylation is 1. The molecule has 2 amide bonds. The molecule has 1 aromatic heterocycles. The highest BCUT2D eigenvalue weighted by atomic mass is 16.6. The average Bonchev–Trinajstić information content (AvgIpc) is 2.90. The van der Waals surface area contributed by atoms with Crippen molar-refractivity contribution in [3.8, 4) is 0 Å². The minimum atomic E-state index is -0.857. The Morgan fingerprint density at radius 1 is 1.09 bits per heavy atom. The lowest BCUT2D eigenvalue weighted by Crippen LogP contribution is -2.53. The summed E-state index contributed by atoms with van der Waals surface area (Å²) in [5.41, 5.74) is -0.207. The average molecular weight is 322 g/mol. The number of amides is 2. The van der Waals surface area contributed by atoms with Crippen molar-refractivity contribution in [2.24, 2.45) is 7.05 Å². The number of piperazine rings is 1. The van der Waals surface area contributed by atoms with Crippen LogP contribution in [0.4, 0.5) is 0 Å². The fourth-order valence-corrected chi connectivity index (χ4v) is 2.29. The zero-order valence-corrected chi connectivity index (χ0v) is 13.9. The smallest absolute Gasteiger partial charge is 0.397 e. The van der Waals surface area contributed by atoms with E-state index in [-0.39, 0.29) is 5.91 Å². The molecule has 126 valence electrons. The molecule has 8 heteroatoms. The van der Waals surface area contributed by atoms with Gasteiger partial charge in [0, 0.05) is 33.2 Å². The lowest BCUT2D eigenvalue weighted by atomic mass is 10.2. The van der Waals surface area contributed by atoms with E-state index in [9.17, 15) is 14.4 Å². The van der Waals surface area contributed by atoms with Gasteiger partial charge in [-0.15, -0.1) is 0 Å². The molecule has 1 saturated heterocycles. The molecule has 0 aromatic carbocycles. The monoisotopic (exact) mass is 322 g/mol. The minimum absolute atomic E-state index is 0.130. The van der Waals surface area contributed by atoms with Crippen molar-refractivity contribution in [1.29, 1.82) is 0 Å². The Morgan fingerprint density at radius 2 is 1.65 bits per heavy atom. The third kappa shape index (κ3) is 4.08. The van der Waals surface area contributed by atoms with Crippen LogP contribution in [0.3, 0.4) is 0 Å².